The summed E-state index contributed by atoms with van der Waals surface area (Å²) in [4.78, 5) is 49.7. The average molecular weight is 418 g/mol. The number of likely N-dealkylation sites (tertiary alicyclic amines) is 1. The van der Waals surface area contributed by atoms with Crippen LogP contribution in [0.4, 0.5) is 5.69 Å². The predicted molar refractivity (Wildman–Crippen MR) is 103 cm³/mol. The minimum Gasteiger partial charge on any atom is -0.456 e. The van der Waals surface area contributed by atoms with Crippen LogP contribution in [0.25, 0.3) is 0 Å². The molecule has 0 aromatic heterocycles. The molecule has 1 aliphatic heterocycles. The monoisotopic (exact) mass is 417 g/mol. The Kier molecular flexibility index (Phi) is 6.49. The van der Waals surface area contributed by atoms with Gasteiger partial charge in [0.25, 0.3) is 5.91 Å². The Balaban J connectivity index is 1.43. The van der Waals surface area contributed by atoms with Crippen molar-refractivity contribution in [2.24, 2.45) is 11.8 Å². The fraction of sp³-hybridized carbons (Fsp3) is 0.450. The maximum absolute atomic E-state index is 12.4. The summed E-state index contributed by atoms with van der Waals surface area (Å²) in [7, 11) is 0. The number of nitriles is 1. The van der Waals surface area contributed by atoms with Crippen molar-refractivity contribution >= 4 is 41.0 Å². The van der Waals surface area contributed by atoms with Gasteiger partial charge in [-0.05, 0) is 31.0 Å². The molecule has 1 aromatic carbocycles. The van der Waals surface area contributed by atoms with E-state index in [1.54, 1.807) is 0 Å². The molecule has 9 heteroatoms. The van der Waals surface area contributed by atoms with E-state index in [4.69, 9.17) is 21.6 Å². The Morgan fingerprint density at radius 1 is 1.21 bits per heavy atom. The second kappa shape index (κ2) is 9.05. The number of rotatable bonds is 6. The van der Waals surface area contributed by atoms with Crippen molar-refractivity contribution in [1.29, 1.82) is 5.26 Å². The molecule has 0 spiro atoms. The maximum atomic E-state index is 12.4. The van der Waals surface area contributed by atoms with Crippen LogP contribution in [-0.2, 0) is 23.9 Å². The molecule has 0 unspecified atom stereocenters. The van der Waals surface area contributed by atoms with E-state index in [1.807, 2.05) is 6.07 Å². The van der Waals surface area contributed by atoms with Crippen LogP contribution in [0.15, 0.2) is 18.2 Å². The van der Waals surface area contributed by atoms with Crippen LogP contribution in [0, 0.1) is 23.2 Å². The highest BCUT2D eigenvalue weighted by molar-refractivity contribution is 6.32. The topological polar surface area (TPSA) is 117 Å². The fourth-order valence-electron chi connectivity index (χ4n) is 3.75. The van der Waals surface area contributed by atoms with Gasteiger partial charge in [-0.3, -0.25) is 24.1 Å². The molecule has 1 aromatic rings. The van der Waals surface area contributed by atoms with Crippen molar-refractivity contribution in [2.45, 2.75) is 32.1 Å². The number of hydrogen-bond acceptors (Lipinski definition) is 6. The van der Waals surface area contributed by atoms with Crippen LogP contribution in [0.1, 0.15) is 37.7 Å². The molecule has 1 aliphatic carbocycles. The number of halogens is 1. The van der Waals surface area contributed by atoms with Gasteiger partial charge in [-0.25, -0.2) is 0 Å². The van der Waals surface area contributed by atoms with Gasteiger partial charge in [0, 0.05) is 12.2 Å². The summed E-state index contributed by atoms with van der Waals surface area (Å²) in [5, 5.41) is 11.5. The van der Waals surface area contributed by atoms with Gasteiger partial charge in [-0.2, -0.15) is 5.26 Å². The molecule has 1 heterocycles. The molecule has 8 nitrogen and oxygen atoms in total. The molecule has 1 N–H and O–H groups in total. The van der Waals surface area contributed by atoms with E-state index in [0.717, 1.165) is 30.6 Å². The minimum atomic E-state index is -0.673. The molecule has 2 fully saturated rings. The maximum Gasteiger partial charge on any atom is 0.308 e. The van der Waals surface area contributed by atoms with E-state index in [9.17, 15) is 19.2 Å². The van der Waals surface area contributed by atoms with E-state index in [2.05, 4.69) is 5.32 Å². The second-order valence-corrected chi connectivity index (χ2v) is 7.50. The first-order valence-electron chi connectivity index (χ1n) is 9.41. The number of hydrogen-bond donors (Lipinski definition) is 1. The number of ether oxygens (including phenoxy) is 1. The van der Waals surface area contributed by atoms with Crippen molar-refractivity contribution in [2.75, 3.05) is 18.5 Å². The summed E-state index contributed by atoms with van der Waals surface area (Å²) in [6, 6.07) is 6.30. The lowest BCUT2D eigenvalue weighted by Gasteiger charge is -2.19. The van der Waals surface area contributed by atoms with E-state index in [0.29, 0.717) is 5.69 Å². The van der Waals surface area contributed by atoms with Crippen LogP contribution in [0.2, 0.25) is 5.02 Å². The Morgan fingerprint density at radius 3 is 2.45 bits per heavy atom. The van der Waals surface area contributed by atoms with Gasteiger partial charge < -0.3 is 10.1 Å². The predicted octanol–water partition coefficient (Wildman–Crippen LogP) is 2.26. The average Bonchev–Trinajstić information content (AvgIpc) is 2.95. The molecule has 152 valence electrons. The number of nitrogens with zero attached hydrogens (tertiary/aromatic N) is 2. The van der Waals surface area contributed by atoms with Gasteiger partial charge in [-0.15, -0.1) is 0 Å². The first kappa shape index (κ1) is 20.8. The van der Waals surface area contributed by atoms with Gasteiger partial charge in [0.1, 0.15) is 6.07 Å². The number of carbonyl (C=O) groups is 4. The van der Waals surface area contributed by atoms with E-state index in [1.165, 1.54) is 18.2 Å². The molecule has 0 bridgehead atoms. The highest BCUT2D eigenvalue weighted by Crippen LogP contribution is 2.37. The van der Waals surface area contributed by atoms with Crippen LogP contribution in [-0.4, -0.2) is 41.7 Å². The van der Waals surface area contributed by atoms with Crippen molar-refractivity contribution in [3.05, 3.63) is 28.8 Å². The first-order valence-corrected chi connectivity index (χ1v) is 9.79. The highest BCUT2D eigenvalue weighted by Gasteiger charge is 2.47. The molecule has 1 saturated heterocycles. The van der Waals surface area contributed by atoms with Crippen LogP contribution in [0.5, 0.6) is 0 Å². The quantitative estimate of drug-likeness (QED) is 0.560. The number of anilines is 1. The molecule has 1 saturated carbocycles. The van der Waals surface area contributed by atoms with Crippen LogP contribution >= 0.6 is 11.6 Å². The summed E-state index contributed by atoms with van der Waals surface area (Å²) >= 11 is 5.89. The van der Waals surface area contributed by atoms with E-state index >= 15 is 0 Å². The molecule has 0 radical (unpaired) electrons. The van der Waals surface area contributed by atoms with Gasteiger partial charge in [0.05, 0.1) is 28.8 Å². The second-order valence-electron chi connectivity index (χ2n) is 7.09. The summed E-state index contributed by atoms with van der Waals surface area (Å²) in [6.07, 6.45) is 3.16. The Hall–Kier alpha value is -2.92. The number of nitrogens with one attached hydrogen (secondary N) is 1. The molecular weight excluding hydrogens is 398 g/mol. The third kappa shape index (κ3) is 4.74. The third-order valence-electron chi connectivity index (χ3n) is 5.21. The standard InChI is InChI=1S/C20H20ClN3O5/c21-16-9-13(6-5-12(16)10-22)23-17(25)11-29-18(26)7-8-24-19(27)14-3-1-2-4-15(14)20(24)28/h5-6,9,14-15H,1-4,7-8,11H2,(H,23,25)/t14-,15-/m0/s1. The lowest BCUT2D eigenvalue weighted by Crippen LogP contribution is -2.33. The molecule has 2 aliphatic rings. The van der Waals surface area contributed by atoms with Gasteiger partial charge in [-0.1, -0.05) is 24.4 Å². The Morgan fingerprint density at radius 2 is 1.86 bits per heavy atom. The number of esters is 1. The van der Waals surface area contributed by atoms with Crippen molar-refractivity contribution < 1.29 is 23.9 Å². The highest BCUT2D eigenvalue weighted by atomic mass is 35.5. The van der Waals surface area contributed by atoms with E-state index in [-0.39, 0.29) is 47.2 Å². The summed E-state index contributed by atoms with van der Waals surface area (Å²) in [5.74, 6) is -2.16. The number of imide groups is 1. The van der Waals surface area contributed by atoms with Crippen LogP contribution in [0.3, 0.4) is 0 Å². The fourth-order valence-corrected chi connectivity index (χ4v) is 3.98. The zero-order valence-corrected chi connectivity index (χ0v) is 16.4. The van der Waals surface area contributed by atoms with Gasteiger partial charge >= 0.3 is 5.97 Å². The van der Waals surface area contributed by atoms with E-state index < -0.39 is 18.5 Å². The first-order chi connectivity index (χ1) is 13.9. The Labute approximate surface area is 172 Å². The number of benzene rings is 1. The molecule has 29 heavy (non-hydrogen) atoms. The smallest absolute Gasteiger partial charge is 0.308 e. The zero-order valence-electron chi connectivity index (χ0n) is 15.7. The van der Waals surface area contributed by atoms with Crippen molar-refractivity contribution in [3.8, 4) is 6.07 Å². The van der Waals surface area contributed by atoms with Gasteiger partial charge in [0.15, 0.2) is 6.61 Å². The molecule has 2 atom stereocenters. The molecular formula is C20H20ClN3O5. The van der Waals surface area contributed by atoms with Gasteiger partial charge in [0.2, 0.25) is 11.8 Å². The molecule has 3 rings (SSSR count). The number of carbonyl (C=O) groups excluding carboxylic acids is 4. The third-order valence-corrected chi connectivity index (χ3v) is 5.52. The zero-order chi connectivity index (χ0) is 21.0. The number of amides is 3. The van der Waals surface area contributed by atoms with Crippen molar-refractivity contribution in [1.82, 2.24) is 4.90 Å². The minimum absolute atomic E-state index is 0.0314. The molecule has 3 amide bonds. The Bertz CT molecular complexity index is 871. The summed E-state index contributed by atoms with van der Waals surface area (Å²) in [6.45, 7) is -0.542. The lowest BCUT2D eigenvalue weighted by molar-refractivity contribution is -0.148. The van der Waals surface area contributed by atoms with Crippen LogP contribution < -0.4 is 5.32 Å². The number of fused-ring (bicyclic) bond motifs is 1. The summed E-state index contributed by atoms with van der Waals surface area (Å²) < 4.78 is 4.91. The lowest BCUT2D eigenvalue weighted by atomic mass is 9.81. The largest absolute Gasteiger partial charge is 0.456 e. The van der Waals surface area contributed by atoms with Crippen molar-refractivity contribution in [3.63, 3.8) is 0 Å². The summed E-state index contributed by atoms with van der Waals surface area (Å²) in [5.41, 5.74) is 0.646. The SMILES string of the molecule is N#Cc1ccc(NC(=O)COC(=O)CCN2C(=O)[C@H]3CCCC[C@@H]3C2=O)cc1Cl. The normalized spacial score (nSPS) is 20.8.